The van der Waals surface area contributed by atoms with Crippen molar-refractivity contribution in [3.05, 3.63) is 62.7 Å². The lowest BCUT2D eigenvalue weighted by Crippen LogP contribution is -2.36. The summed E-state index contributed by atoms with van der Waals surface area (Å²) in [6, 6.07) is 14.4. The summed E-state index contributed by atoms with van der Waals surface area (Å²) in [7, 11) is 0. The number of carbonyl (C=O) groups is 1. The van der Waals surface area contributed by atoms with Gasteiger partial charge in [0.05, 0.1) is 5.56 Å². The third-order valence-corrected chi connectivity index (χ3v) is 4.67. The molecule has 1 amide bonds. The van der Waals surface area contributed by atoms with Gasteiger partial charge in [-0.15, -0.1) is 0 Å². The van der Waals surface area contributed by atoms with E-state index in [-0.39, 0.29) is 11.9 Å². The first kappa shape index (κ1) is 13.6. The van der Waals surface area contributed by atoms with Gasteiger partial charge in [-0.05, 0) is 66.6 Å². The third-order valence-electron chi connectivity index (χ3n) is 3.78. The number of hydrogen-bond donors (Lipinski definition) is 0. The number of hydrogen-bond acceptors (Lipinski definition) is 1. The van der Waals surface area contributed by atoms with Crippen LogP contribution in [0.1, 0.15) is 28.4 Å². The van der Waals surface area contributed by atoms with Gasteiger partial charge >= 0.3 is 0 Å². The van der Waals surface area contributed by atoms with E-state index in [2.05, 4.69) is 41.6 Å². The van der Waals surface area contributed by atoms with E-state index in [0.717, 1.165) is 21.2 Å². The van der Waals surface area contributed by atoms with Crippen LogP contribution in [0, 0.1) is 10.5 Å². The molecule has 0 fully saturated rings. The average Bonchev–Trinajstić information content (AvgIpc) is 2.73. The zero-order valence-electron chi connectivity index (χ0n) is 11.6. The molecule has 1 aliphatic heterocycles. The topological polar surface area (TPSA) is 20.3 Å². The minimum atomic E-state index is 0.104. The molecule has 20 heavy (non-hydrogen) atoms. The van der Waals surface area contributed by atoms with Crippen LogP contribution in [-0.4, -0.2) is 11.9 Å². The highest BCUT2D eigenvalue weighted by molar-refractivity contribution is 14.1. The first-order valence-electron chi connectivity index (χ1n) is 6.75. The van der Waals surface area contributed by atoms with Crippen LogP contribution in [0.2, 0.25) is 0 Å². The Morgan fingerprint density at radius 1 is 1.25 bits per heavy atom. The molecule has 1 unspecified atom stereocenters. The summed E-state index contributed by atoms with van der Waals surface area (Å²) < 4.78 is 1.02. The summed E-state index contributed by atoms with van der Waals surface area (Å²) in [6.45, 7) is 4.16. The van der Waals surface area contributed by atoms with E-state index in [0.29, 0.717) is 0 Å². The number of anilines is 1. The summed E-state index contributed by atoms with van der Waals surface area (Å²) in [5, 5.41) is 0. The summed E-state index contributed by atoms with van der Waals surface area (Å²) in [5.74, 6) is 0.104. The van der Waals surface area contributed by atoms with Crippen LogP contribution < -0.4 is 4.90 Å². The average molecular weight is 377 g/mol. The highest BCUT2D eigenvalue weighted by Crippen LogP contribution is 2.33. The molecule has 3 heteroatoms. The fraction of sp³-hybridized carbons (Fsp3) is 0.235. The monoisotopic (exact) mass is 377 g/mol. The van der Waals surface area contributed by atoms with Gasteiger partial charge in [-0.3, -0.25) is 4.79 Å². The first-order valence-corrected chi connectivity index (χ1v) is 7.83. The normalized spacial score (nSPS) is 17.1. The molecule has 1 heterocycles. The fourth-order valence-electron chi connectivity index (χ4n) is 2.80. The molecular formula is C17H16INO. The number of amides is 1. The van der Waals surface area contributed by atoms with Crippen molar-refractivity contribution >= 4 is 34.2 Å². The van der Waals surface area contributed by atoms with Gasteiger partial charge in [0.2, 0.25) is 0 Å². The third kappa shape index (κ3) is 2.24. The Morgan fingerprint density at radius 3 is 2.75 bits per heavy atom. The second-order valence-corrected chi connectivity index (χ2v) is 6.50. The molecule has 3 rings (SSSR count). The van der Waals surface area contributed by atoms with Gasteiger partial charge < -0.3 is 4.90 Å². The molecule has 2 nitrogen and oxygen atoms in total. The van der Waals surface area contributed by atoms with Crippen molar-refractivity contribution in [2.24, 2.45) is 0 Å². The van der Waals surface area contributed by atoms with Crippen LogP contribution in [0.4, 0.5) is 5.69 Å². The largest absolute Gasteiger partial charge is 0.305 e. The summed E-state index contributed by atoms with van der Waals surface area (Å²) in [5.41, 5.74) is 4.29. The minimum absolute atomic E-state index is 0.104. The molecule has 1 aliphatic rings. The number of aryl methyl sites for hydroxylation is 1. The van der Waals surface area contributed by atoms with E-state index in [1.165, 1.54) is 11.1 Å². The number of halogens is 1. The standard InChI is InChI=1S/C17H16INO/c1-11-7-8-14(15(18)9-11)17(20)19-12(2)10-13-5-3-4-6-16(13)19/h3-9,12H,10H2,1-2H3. The molecule has 0 N–H and O–H groups in total. The molecule has 0 radical (unpaired) electrons. The molecule has 2 aromatic rings. The van der Waals surface area contributed by atoms with Crippen molar-refractivity contribution in [2.75, 3.05) is 4.90 Å². The van der Waals surface area contributed by atoms with Crippen molar-refractivity contribution in [2.45, 2.75) is 26.3 Å². The predicted octanol–water partition coefficient (Wildman–Crippen LogP) is 4.19. The molecule has 0 aliphatic carbocycles. The van der Waals surface area contributed by atoms with E-state index in [4.69, 9.17) is 0 Å². The van der Waals surface area contributed by atoms with Crippen molar-refractivity contribution in [3.63, 3.8) is 0 Å². The highest BCUT2D eigenvalue weighted by Gasteiger charge is 2.31. The number of para-hydroxylation sites is 1. The lowest BCUT2D eigenvalue weighted by atomic mass is 10.1. The molecule has 0 bridgehead atoms. The Labute approximate surface area is 132 Å². The van der Waals surface area contributed by atoms with Crippen LogP contribution in [-0.2, 0) is 6.42 Å². The van der Waals surface area contributed by atoms with E-state index in [1.54, 1.807) is 0 Å². The Hall–Kier alpha value is -1.36. The fourth-order valence-corrected chi connectivity index (χ4v) is 3.70. The molecule has 1 atom stereocenters. The number of fused-ring (bicyclic) bond motifs is 1. The number of rotatable bonds is 1. The van der Waals surface area contributed by atoms with Crippen LogP contribution in [0.25, 0.3) is 0 Å². The van der Waals surface area contributed by atoms with E-state index < -0.39 is 0 Å². The van der Waals surface area contributed by atoms with Crippen molar-refractivity contribution in [3.8, 4) is 0 Å². The second kappa shape index (κ2) is 5.20. The summed E-state index contributed by atoms with van der Waals surface area (Å²) in [6.07, 6.45) is 0.935. The highest BCUT2D eigenvalue weighted by atomic mass is 127. The molecule has 0 saturated carbocycles. The number of carbonyl (C=O) groups excluding carboxylic acids is 1. The van der Waals surface area contributed by atoms with Gasteiger partial charge in [0.25, 0.3) is 5.91 Å². The second-order valence-electron chi connectivity index (χ2n) is 5.34. The predicted molar refractivity (Wildman–Crippen MR) is 90.3 cm³/mol. The maximum atomic E-state index is 12.9. The van der Waals surface area contributed by atoms with Crippen LogP contribution >= 0.6 is 22.6 Å². The van der Waals surface area contributed by atoms with Gasteiger partial charge in [-0.1, -0.05) is 29.8 Å². The Morgan fingerprint density at radius 2 is 2.00 bits per heavy atom. The minimum Gasteiger partial charge on any atom is -0.305 e. The van der Waals surface area contributed by atoms with Gasteiger partial charge in [0, 0.05) is 15.3 Å². The molecule has 0 saturated heterocycles. The summed E-state index contributed by atoms with van der Waals surface area (Å²) >= 11 is 2.25. The number of nitrogens with zero attached hydrogens (tertiary/aromatic N) is 1. The van der Waals surface area contributed by atoms with Gasteiger partial charge in [0.1, 0.15) is 0 Å². The lowest BCUT2D eigenvalue weighted by molar-refractivity contribution is 0.0980. The molecule has 0 spiro atoms. The summed E-state index contributed by atoms with van der Waals surface area (Å²) in [4.78, 5) is 14.8. The lowest BCUT2D eigenvalue weighted by Gasteiger charge is -2.23. The van der Waals surface area contributed by atoms with Gasteiger partial charge in [-0.25, -0.2) is 0 Å². The maximum absolute atomic E-state index is 12.9. The van der Waals surface area contributed by atoms with Crippen LogP contribution in [0.15, 0.2) is 42.5 Å². The van der Waals surface area contributed by atoms with Gasteiger partial charge in [-0.2, -0.15) is 0 Å². The molecular weight excluding hydrogens is 361 g/mol. The molecule has 102 valence electrons. The van der Waals surface area contributed by atoms with Crippen LogP contribution in [0.3, 0.4) is 0 Å². The van der Waals surface area contributed by atoms with E-state index in [9.17, 15) is 4.79 Å². The van der Waals surface area contributed by atoms with Crippen molar-refractivity contribution < 1.29 is 4.79 Å². The van der Waals surface area contributed by atoms with E-state index >= 15 is 0 Å². The first-order chi connectivity index (χ1) is 9.58. The smallest absolute Gasteiger partial charge is 0.259 e. The Bertz CT molecular complexity index is 680. The van der Waals surface area contributed by atoms with Crippen LogP contribution in [0.5, 0.6) is 0 Å². The zero-order chi connectivity index (χ0) is 14.3. The SMILES string of the molecule is Cc1ccc(C(=O)N2c3ccccc3CC2C)c(I)c1. The number of benzene rings is 2. The van der Waals surface area contributed by atoms with Gasteiger partial charge in [0.15, 0.2) is 0 Å². The van der Waals surface area contributed by atoms with Crippen molar-refractivity contribution in [1.29, 1.82) is 0 Å². The maximum Gasteiger partial charge on any atom is 0.259 e. The van der Waals surface area contributed by atoms with Crippen molar-refractivity contribution in [1.82, 2.24) is 0 Å². The Kier molecular flexibility index (Phi) is 3.54. The van der Waals surface area contributed by atoms with E-state index in [1.807, 2.05) is 42.2 Å². The zero-order valence-corrected chi connectivity index (χ0v) is 13.7. The quantitative estimate of drug-likeness (QED) is 0.683. The molecule has 2 aromatic carbocycles. The molecule has 0 aromatic heterocycles. The Balaban J connectivity index is 2.03.